The van der Waals surface area contributed by atoms with Crippen LogP contribution in [0.1, 0.15) is 17.0 Å². The Morgan fingerprint density at radius 2 is 1.89 bits per heavy atom. The van der Waals surface area contributed by atoms with E-state index in [0.717, 1.165) is 12.1 Å². The van der Waals surface area contributed by atoms with Crippen LogP contribution in [0.25, 0.3) is 0 Å². The Bertz CT molecular complexity index is 519. The molecule has 0 fully saturated rings. The van der Waals surface area contributed by atoms with E-state index in [-0.39, 0.29) is 6.01 Å². The zero-order chi connectivity index (χ0) is 13.2. The molecule has 0 saturated heterocycles. The van der Waals surface area contributed by atoms with Gasteiger partial charge in [0.05, 0.1) is 5.56 Å². The maximum absolute atomic E-state index is 12.3. The number of rotatable bonds is 3. The SMILES string of the molecule is Cc1noc(NCc2ccc(C(F)(F)F)cc2)n1. The van der Waals surface area contributed by atoms with Crippen molar-refractivity contribution in [2.24, 2.45) is 0 Å². The van der Waals surface area contributed by atoms with Gasteiger partial charge >= 0.3 is 12.2 Å². The third-order valence-electron chi connectivity index (χ3n) is 2.25. The molecule has 2 rings (SSSR count). The first kappa shape index (κ1) is 12.4. The molecule has 96 valence electrons. The zero-order valence-corrected chi connectivity index (χ0v) is 9.45. The Morgan fingerprint density at radius 1 is 1.22 bits per heavy atom. The first-order chi connectivity index (χ1) is 8.45. The minimum atomic E-state index is -4.31. The molecule has 0 spiro atoms. The van der Waals surface area contributed by atoms with Crippen molar-refractivity contribution in [3.8, 4) is 0 Å². The smallest absolute Gasteiger partial charge is 0.334 e. The van der Waals surface area contributed by atoms with Crippen LogP contribution in [0.2, 0.25) is 0 Å². The number of anilines is 1. The predicted molar refractivity (Wildman–Crippen MR) is 57.8 cm³/mol. The number of hydrogen-bond acceptors (Lipinski definition) is 4. The largest absolute Gasteiger partial charge is 0.416 e. The van der Waals surface area contributed by atoms with Gasteiger partial charge in [0.15, 0.2) is 5.82 Å². The fraction of sp³-hybridized carbons (Fsp3) is 0.273. The van der Waals surface area contributed by atoms with Gasteiger partial charge in [0.1, 0.15) is 0 Å². The lowest BCUT2D eigenvalue weighted by Gasteiger charge is -2.07. The van der Waals surface area contributed by atoms with Gasteiger partial charge in [-0.3, -0.25) is 0 Å². The quantitative estimate of drug-likeness (QED) is 0.918. The lowest BCUT2D eigenvalue weighted by atomic mass is 10.1. The molecule has 0 atom stereocenters. The minimum Gasteiger partial charge on any atom is -0.334 e. The summed E-state index contributed by atoms with van der Waals surface area (Å²) in [4.78, 5) is 3.91. The summed E-state index contributed by atoms with van der Waals surface area (Å²) in [5.41, 5.74) is 0.0266. The monoisotopic (exact) mass is 257 g/mol. The molecule has 2 aromatic rings. The van der Waals surface area contributed by atoms with Crippen molar-refractivity contribution in [2.75, 3.05) is 5.32 Å². The van der Waals surface area contributed by atoms with Gasteiger partial charge in [-0.05, 0) is 24.6 Å². The van der Waals surface area contributed by atoms with Gasteiger partial charge in [0.25, 0.3) is 0 Å². The zero-order valence-electron chi connectivity index (χ0n) is 9.45. The lowest BCUT2D eigenvalue weighted by Crippen LogP contribution is -2.05. The van der Waals surface area contributed by atoms with Gasteiger partial charge in [-0.25, -0.2) is 0 Å². The summed E-state index contributed by atoms with van der Waals surface area (Å²) < 4.78 is 41.8. The van der Waals surface area contributed by atoms with Gasteiger partial charge in [0, 0.05) is 6.54 Å². The maximum Gasteiger partial charge on any atom is 0.416 e. The summed E-state index contributed by atoms with van der Waals surface area (Å²) in [6.45, 7) is 1.99. The van der Waals surface area contributed by atoms with Crippen molar-refractivity contribution in [1.29, 1.82) is 0 Å². The molecule has 0 aliphatic rings. The van der Waals surface area contributed by atoms with Gasteiger partial charge in [-0.15, -0.1) is 0 Å². The number of benzene rings is 1. The Hall–Kier alpha value is -2.05. The average Bonchev–Trinajstić information content (AvgIpc) is 2.72. The van der Waals surface area contributed by atoms with Crippen LogP contribution in [0, 0.1) is 6.92 Å². The fourth-order valence-corrected chi connectivity index (χ4v) is 1.36. The van der Waals surface area contributed by atoms with E-state index in [4.69, 9.17) is 4.52 Å². The lowest BCUT2D eigenvalue weighted by molar-refractivity contribution is -0.137. The van der Waals surface area contributed by atoms with Crippen molar-refractivity contribution in [3.63, 3.8) is 0 Å². The van der Waals surface area contributed by atoms with Gasteiger partial charge in [-0.2, -0.15) is 18.2 Å². The molecular formula is C11H10F3N3O. The second-order valence-corrected chi connectivity index (χ2v) is 3.69. The van der Waals surface area contributed by atoms with Crippen molar-refractivity contribution >= 4 is 6.01 Å². The number of hydrogen-bond donors (Lipinski definition) is 1. The van der Waals surface area contributed by atoms with Crippen LogP contribution < -0.4 is 5.32 Å². The number of nitrogens with one attached hydrogen (secondary N) is 1. The summed E-state index contributed by atoms with van der Waals surface area (Å²) >= 11 is 0. The molecule has 0 radical (unpaired) electrons. The molecule has 1 aromatic carbocycles. The number of aryl methyl sites for hydroxylation is 1. The molecule has 0 unspecified atom stereocenters. The highest BCUT2D eigenvalue weighted by atomic mass is 19.4. The van der Waals surface area contributed by atoms with Gasteiger partial charge in [-0.1, -0.05) is 17.3 Å². The highest BCUT2D eigenvalue weighted by molar-refractivity contribution is 5.28. The molecule has 0 amide bonds. The molecule has 0 bridgehead atoms. The van der Waals surface area contributed by atoms with Gasteiger partial charge < -0.3 is 9.84 Å². The Kier molecular flexibility index (Phi) is 3.22. The second kappa shape index (κ2) is 4.67. The van der Waals surface area contributed by atoms with E-state index in [1.54, 1.807) is 6.92 Å². The summed E-state index contributed by atoms with van der Waals surface area (Å²) in [5, 5.41) is 6.40. The van der Waals surface area contributed by atoms with Crippen LogP contribution in [0.15, 0.2) is 28.8 Å². The first-order valence-corrected chi connectivity index (χ1v) is 5.15. The standard InChI is InChI=1S/C11H10F3N3O/c1-7-16-10(18-17-7)15-6-8-2-4-9(5-3-8)11(12,13)14/h2-5H,6H2,1H3,(H,15,16,17). The normalized spacial score (nSPS) is 11.6. The molecule has 0 aliphatic carbocycles. The topological polar surface area (TPSA) is 51.0 Å². The summed E-state index contributed by atoms with van der Waals surface area (Å²) in [6, 6.07) is 5.12. The Morgan fingerprint density at radius 3 is 2.39 bits per heavy atom. The highest BCUT2D eigenvalue weighted by Gasteiger charge is 2.29. The van der Waals surface area contributed by atoms with E-state index in [0.29, 0.717) is 17.9 Å². The van der Waals surface area contributed by atoms with E-state index in [9.17, 15) is 13.2 Å². The number of halogens is 3. The van der Waals surface area contributed by atoms with Crippen LogP contribution in [-0.4, -0.2) is 10.1 Å². The van der Waals surface area contributed by atoms with Crippen LogP contribution in [-0.2, 0) is 12.7 Å². The third-order valence-corrected chi connectivity index (χ3v) is 2.25. The molecular weight excluding hydrogens is 247 g/mol. The average molecular weight is 257 g/mol. The van der Waals surface area contributed by atoms with Crippen molar-refractivity contribution in [1.82, 2.24) is 10.1 Å². The third kappa shape index (κ3) is 2.99. The Labute approximate surface area is 101 Å². The van der Waals surface area contributed by atoms with Crippen LogP contribution in [0.3, 0.4) is 0 Å². The number of aromatic nitrogens is 2. The van der Waals surface area contributed by atoms with Crippen molar-refractivity contribution in [2.45, 2.75) is 19.6 Å². The first-order valence-electron chi connectivity index (χ1n) is 5.15. The molecule has 1 N–H and O–H groups in total. The molecule has 0 aliphatic heterocycles. The molecule has 0 saturated carbocycles. The van der Waals surface area contributed by atoms with E-state index >= 15 is 0 Å². The van der Waals surface area contributed by atoms with Crippen LogP contribution >= 0.6 is 0 Å². The summed E-state index contributed by atoms with van der Waals surface area (Å²) in [7, 11) is 0. The number of alkyl halides is 3. The maximum atomic E-state index is 12.3. The number of nitrogens with zero attached hydrogens (tertiary/aromatic N) is 2. The molecule has 4 nitrogen and oxygen atoms in total. The molecule has 1 aromatic heterocycles. The van der Waals surface area contributed by atoms with E-state index in [1.807, 2.05) is 0 Å². The Balaban J connectivity index is 1.98. The fourth-order valence-electron chi connectivity index (χ4n) is 1.36. The molecule has 7 heteroatoms. The predicted octanol–water partition coefficient (Wildman–Crippen LogP) is 3.01. The van der Waals surface area contributed by atoms with E-state index in [1.165, 1.54) is 12.1 Å². The van der Waals surface area contributed by atoms with Crippen LogP contribution in [0.4, 0.5) is 19.2 Å². The summed E-state index contributed by atoms with van der Waals surface area (Å²) in [6.07, 6.45) is -4.31. The molecule has 18 heavy (non-hydrogen) atoms. The highest BCUT2D eigenvalue weighted by Crippen LogP contribution is 2.29. The van der Waals surface area contributed by atoms with Gasteiger partial charge in [0.2, 0.25) is 0 Å². The minimum absolute atomic E-state index is 0.243. The van der Waals surface area contributed by atoms with Crippen LogP contribution in [0.5, 0.6) is 0 Å². The molecule has 1 heterocycles. The summed E-state index contributed by atoms with van der Waals surface area (Å²) in [5.74, 6) is 0.491. The van der Waals surface area contributed by atoms with E-state index < -0.39 is 11.7 Å². The van der Waals surface area contributed by atoms with Crippen molar-refractivity contribution in [3.05, 3.63) is 41.2 Å². The second-order valence-electron chi connectivity index (χ2n) is 3.69. The van der Waals surface area contributed by atoms with Crippen molar-refractivity contribution < 1.29 is 17.7 Å². The van der Waals surface area contributed by atoms with E-state index in [2.05, 4.69) is 15.5 Å².